The van der Waals surface area contributed by atoms with Crippen LogP contribution < -0.4 is 4.72 Å². The minimum absolute atomic E-state index is 0.577. The molecule has 0 aliphatic rings. The largest absolute Gasteiger partial charge is 0.595 e. The van der Waals surface area contributed by atoms with Crippen molar-refractivity contribution in [3.05, 3.63) is 11.4 Å². The smallest absolute Gasteiger partial charge is 0.132 e. The Morgan fingerprint density at radius 2 is 2.17 bits per heavy atom. The van der Waals surface area contributed by atoms with E-state index in [4.69, 9.17) is 0 Å². The molecule has 1 atom stereocenters. The van der Waals surface area contributed by atoms with E-state index in [2.05, 4.69) is 9.82 Å². The zero-order chi connectivity index (χ0) is 9.30. The number of thiol groups is 1. The molecule has 1 heterocycles. The van der Waals surface area contributed by atoms with E-state index >= 15 is 0 Å². The lowest BCUT2D eigenvalue weighted by atomic mass is 10.3. The van der Waals surface area contributed by atoms with E-state index < -0.39 is 11.3 Å². The summed E-state index contributed by atoms with van der Waals surface area (Å²) in [6, 6.07) is 0. The Labute approximate surface area is 73.2 Å². The van der Waals surface area contributed by atoms with Crippen molar-refractivity contribution in [2.24, 2.45) is 7.05 Å². The fourth-order valence-corrected chi connectivity index (χ4v) is 1.53. The maximum Gasteiger partial charge on any atom is 0.132 e. The fraction of sp³-hybridized carbons (Fsp3) is 0.500. The molecule has 0 radical (unpaired) electrons. The fourth-order valence-electron chi connectivity index (χ4n) is 1.03. The van der Waals surface area contributed by atoms with Gasteiger partial charge in [-0.3, -0.25) is 4.68 Å². The zero-order valence-corrected chi connectivity index (χ0v) is 8.05. The van der Waals surface area contributed by atoms with E-state index in [0.717, 1.165) is 5.69 Å². The predicted molar refractivity (Wildman–Crippen MR) is 46.5 cm³/mol. The number of aromatic nitrogens is 2. The minimum atomic E-state index is -2.60. The number of hydrogen-bond donors (Lipinski definition) is 1. The SMILES string of the molecule is Cc1nn(C)c(C)c1N[SH+](=O)[O-]. The lowest BCUT2D eigenvalue weighted by molar-refractivity contribution is 0.505. The van der Waals surface area contributed by atoms with Gasteiger partial charge in [0, 0.05) is 7.05 Å². The molecule has 0 bridgehead atoms. The molecule has 1 N–H and O–H groups in total. The molecule has 0 saturated heterocycles. The second kappa shape index (κ2) is 3.24. The Hall–Kier alpha value is -0.880. The third kappa shape index (κ3) is 1.64. The molecule has 0 fully saturated rings. The van der Waals surface area contributed by atoms with E-state index in [1.165, 1.54) is 0 Å². The van der Waals surface area contributed by atoms with Crippen molar-refractivity contribution < 1.29 is 8.76 Å². The summed E-state index contributed by atoms with van der Waals surface area (Å²) >= 11 is -2.60. The second-order valence-electron chi connectivity index (χ2n) is 2.54. The Morgan fingerprint density at radius 3 is 2.50 bits per heavy atom. The van der Waals surface area contributed by atoms with Crippen LogP contribution in [0.5, 0.6) is 0 Å². The van der Waals surface area contributed by atoms with Gasteiger partial charge in [-0.25, -0.2) is 4.72 Å². The summed E-state index contributed by atoms with van der Waals surface area (Å²) in [6.45, 7) is 3.56. The number of nitrogens with one attached hydrogen (secondary N) is 1. The second-order valence-corrected chi connectivity index (χ2v) is 3.28. The van der Waals surface area contributed by atoms with E-state index in [1.807, 2.05) is 0 Å². The lowest BCUT2D eigenvalue weighted by Crippen LogP contribution is -2.03. The number of aryl methyl sites for hydroxylation is 2. The molecule has 68 valence electrons. The molecule has 0 saturated carbocycles. The van der Waals surface area contributed by atoms with E-state index in [1.54, 1.807) is 25.6 Å². The highest BCUT2D eigenvalue weighted by atomic mass is 32.2. The highest BCUT2D eigenvalue weighted by molar-refractivity contribution is 7.80. The van der Waals surface area contributed by atoms with Crippen molar-refractivity contribution in [2.75, 3.05) is 4.72 Å². The standard InChI is InChI=1S/C6H11N3O2S/c1-4-6(8-12(10)11)5(2)9(3)7-4/h12H,1-3H3,(H-,8,10,11). The first kappa shape index (κ1) is 9.21. The molecule has 0 aliphatic heterocycles. The van der Waals surface area contributed by atoms with Gasteiger partial charge < -0.3 is 4.55 Å². The zero-order valence-electron chi connectivity index (χ0n) is 7.16. The maximum atomic E-state index is 10.4. The molecule has 0 aliphatic carbocycles. The summed E-state index contributed by atoms with van der Waals surface area (Å²) in [5.74, 6) is 0. The summed E-state index contributed by atoms with van der Waals surface area (Å²) in [5.41, 5.74) is 2.08. The first-order valence-corrected chi connectivity index (χ1v) is 4.61. The molecule has 1 unspecified atom stereocenters. The third-order valence-corrected chi connectivity index (χ3v) is 2.12. The molecule has 6 heteroatoms. The Morgan fingerprint density at radius 1 is 1.58 bits per heavy atom. The summed E-state index contributed by atoms with van der Waals surface area (Å²) in [5, 5.41) is 4.05. The molecule has 12 heavy (non-hydrogen) atoms. The van der Waals surface area contributed by atoms with Gasteiger partial charge in [0.1, 0.15) is 17.0 Å². The lowest BCUT2D eigenvalue weighted by Gasteiger charge is -2.00. The number of nitrogens with zero attached hydrogens (tertiary/aromatic N) is 2. The topological polar surface area (TPSA) is 70.0 Å². The van der Waals surface area contributed by atoms with Gasteiger partial charge in [0.15, 0.2) is 0 Å². The summed E-state index contributed by atoms with van der Waals surface area (Å²) in [4.78, 5) is 0. The summed E-state index contributed by atoms with van der Waals surface area (Å²) in [6.07, 6.45) is 0. The van der Waals surface area contributed by atoms with Crippen LogP contribution in [0.4, 0.5) is 5.69 Å². The van der Waals surface area contributed by atoms with Crippen LogP contribution in [0, 0.1) is 13.8 Å². The molecule has 0 amide bonds. The molecule has 1 aromatic rings. The number of hydrogen-bond acceptors (Lipinski definition) is 3. The quantitative estimate of drug-likeness (QED) is 0.533. The number of rotatable bonds is 2. The molecule has 1 rings (SSSR count). The van der Waals surface area contributed by atoms with Gasteiger partial charge in [0.2, 0.25) is 0 Å². The Balaban J connectivity index is 3.05. The average Bonchev–Trinajstić information content (AvgIpc) is 2.16. The highest BCUT2D eigenvalue weighted by Crippen LogP contribution is 2.18. The van der Waals surface area contributed by atoms with Gasteiger partial charge in [-0.2, -0.15) is 5.10 Å². The average molecular weight is 189 g/mol. The molecule has 5 nitrogen and oxygen atoms in total. The van der Waals surface area contributed by atoms with Crippen LogP contribution in [0.15, 0.2) is 0 Å². The van der Waals surface area contributed by atoms with Crippen molar-refractivity contribution >= 4 is 17.0 Å². The van der Waals surface area contributed by atoms with E-state index in [9.17, 15) is 8.76 Å². The molecular formula is C6H11N3O2S. The van der Waals surface area contributed by atoms with Crippen LogP contribution in [-0.4, -0.2) is 14.3 Å². The normalized spacial score (nSPS) is 13.0. The number of anilines is 1. The van der Waals surface area contributed by atoms with Crippen LogP contribution in [0.25, 0.3) is 0 Å². The van der Waals surface area contributed by atoms with Crippen molar-refractivity contribution in [2.45, 2.75) is 13.8 Å². The van der Waals surface area contributed by atoms with Crippen LogP contribution in [-0.2, 0) is 22.5 Å². The van der Waals surface area contributed by atoms with Gasteiger partial charge in [-0.15, -0.1) is 0 Å². The van der Waals surface area contributed by atoms with Gasteiger partial charge in [0.25, 0.3) is 0 Å². The van der Waals surface area contributed by atoms with Crippen LogP contribution >= 0.6 is 0 Å². The van der Waals surface area contributed by atoms with Crippen molar-refractivity contribution in [3.8, 4) is 0 Å². The van der Waals surface area contributed by atoms with Gasteiger partial charge in [-0.05, 0) is 13.8 Å². The minimum Gasteiger partial charge on any atom is -0.595 e. The van der Waals surface area contributed by atoms with Gasteiger partial charge in [-0.1, -0.05) is 4.21 Å². The van der Waals surface area contributed by atoms with Crippen molar-refractivity contribution in [3.63, 3.8) is 0 Å². The first-order valence-electron chi connectivity index (χ1n) is 3.43. The predicted octanol–water partition coefficient (Wildman–Crippen LogP) is 0.190. The van der Waals surface area contributed by atoms with E-state index in [-0.39, 0.29) is 0 Å². The van der Waals surface area contributed by atoms with Crippen molar-refractivity contribution in [1.82, 2.24) is 9.78 Å². The van der Waals surface area contributed by atoms with Crippen LogP contribution in [0.3, 0.4) is 0 Å². The monoisotopic (exact) mass is 189 g/mol. The molecular weight excluding hydrogens is 178 g/mol. The Kier molecular flexibility index (Phi) is 2.49. The molecule has 0 spiro atoms. The van der Waals surface area contributed by atoms with Gasteiger partial charge >= 0.3 is 0 Å². The Bertz CT molecular complexity index is 321. The maximum absolute atomic E-state index is 10.4. The first-order chi connectivity index (χ1) is 5.52. The molecule has 0 aromatic carbocycles. The summed E-state index contributed by atoms with van der Waals surface area (Å²) < 4.78 is 24.7. The van der Waals surface area contributed by atoms with Crippen LogP contribution in [0.1, 0.15) is 11.4 Å². The van der Waals surface area contributed by atoms with Gasteiger partial charge in [0.05, 0.1) is 11.4 Å². The van der Waals surface area contributed by atoms with Crippen LogP contribution in [0.2, 0.25) is 0 Å². The van der Waals surface area contributed by atoms with Crippen molar-refractivity contribution in [1.29, 1.82) is 0 Å². The highest BCUT2D eigenvalue weighted by Gasteiger charge is 2.10. The van der Waals surface area contributed by atoms with E-state index in [0.29, 0.717) is 11.4 Å². The molecule has 1 aromatic heterocycles. The third-order valence-electron chi connectivity index (χ3n) is 1.71. The summed E-state index contributed by atoms with van der Waals surface area (Å²) in [7, 11) is 1.77.